The summed E-state index contributed by atoms with van der Waals surface area (Å²) >= 11 is 4.73. The SMILES string of the molecule is O=C(Nc1ccc(Br)cc1C(=O)N[C@@H](Cc1ccc(-c2ccccc2Oc2ccccc2)cc1)C(=O)O)c1cc2ccccc2s1. The van der Waals surface area contributed by atoms with Crippen LogP contribution in [0.2, 0.25) is 0 Å². The fraction of sp³-hybridized carbons (Fsp3) is 0.0541. The van der Waals surface area contributed by atoms with Crippen molar-refractivity contribution in [3.05, 3.63) is 148 Å². The number of ether oxygens (including phenoxy) is 1. The Kier molecular flexibility index (Phi) is 9.23. The standard InChI is InChI=1S/C37H27BrN2O5S/c38-26-18-19-30(39-36(42)34-21-25-8-4-7-13-33(25)46-34)29(22-26)35(41)40-31(37(43)44)20-23-14-16-24(17-15-23)28-11-5-6-12-32(28)45-27-9-2-1-3-10-27/h1-19,21-22,31H,20H2,(H,39,42)(H,40,41)(H,43,44)/t31-/m0/s1. The molecule has 5 aromatic carbocycles. The van der Waals surface area contributed by atoms with E-state index in [0.717, 1.165) is 32.5 Å². The van der Waals surface area contributed by atoms with Crippen LogP contribution in [0.15, 0.2) is 132 Å². The summed E-state index contributed by atoms with van der Waals surface area (Å²) in [5.74, 6) is -0.738. The predicted molar refractivity (Wildman–Crippen MR) is 185 cm³/mol. The summed E-state index contributed by atoms with van der Waals surface area (Å²) in [6.45, 7) is 0. The second-order valence-electron chi connectivity index (χ2n) is 10.5. The number of anilines is 1. The second kappa shape index (κ2) is 13.8. The molecule has 1 heterocycles. The molecule has 2 amide bonds. The molecule has 9 heteroatoms. The number of thiophene rings is 1. The summed E-state index contributed by atoms with van der Waals surface area (Å²) in [5, 5.41) is 16.4. The normalized spacial score (nSPS) is 11.5. The van der Waals surface area contributed by atoms with E-state index in [1.54, 1.807) is 24.3 Å². The molecule has 7 nitrogen and oxygen atoms in total. The zero-order valence-corrected chi connectivity index (χ0v) is 26.7. The number of benzene rings is 5. The van der Waals surface area contributed by atoms with E-state index in [1.807, 2.05) is 103 Å². The number of rotatable bonds is 10. The van der Waals surface area contributed by atoms with Gasteiger partial charge >= 0.3 is 5.97 Å². The van der Waals surface area contributed by atoms with Crippen molar-refractivity contribution >= 4 is 60.8 Å². The minimum Gasteiger partial charge on any atom is -0.480 e. The van der Waals surface area contributed by atoms with Gasteiger partial charge in [0.2, 0.25) is 0 Å². The molecule has 0 bridgehead atoms. The monoisotopic (exact) mass is 690 g/mol. The molecule has 228 valence electrons. The van der Waals surface area contributed by atoms with Crippen molar-refractivity contribution in [1.82, 2.24) is 5.32 Å². The van der Waals surface area contributed by atoms with Crippen LogP contribution in [0.4, 0.5) is 5.69 Å². The molecule has 46 heavy (non-hydrogen) atoms. The molecule has 0 aliphatic heterocycles. The van der Waals surface area contributed by atoms with Crippen LogP contribution in [-0.2, 0) is 11.2 Å². The lowest BCUT2D eigenvalue weighted by molar-refractivity contribution is -0.139. The lowest BCUT2D eigenvalue weighted by atomic mass is 9.99. The maximum absolute atomic E-state index is 13.5. The molecular formula is C37H27BrN2O5S. The fourth-order valence-electron chi connectivity index (χ4n) is 4.99. The lowest BCUT2D eigenvalue weighted by Gasteiger charge is -2.17. The Hall–Kier alpha value is -5.25. The van der Waals surface area contributed by atoms with Gasteiger partial charge in [-0.3, -0.25) is 9.59 Å². The Morgan fingerprint density at radius 1 is 0.783 bits per heavy atom. The molecule has 1 aromatic heterocycles. The van der Waals surface area contributed by atoms with Crippen LogP contribution in [0.5, 0.6) is 11.5 Å². The molecule has 6 rings (SSSR count). The first-order valence-corrected chi connectivity index (χ1v) is 16.0. The maximum Gasteiger partial charge on any atom is 0.326 e. The second-order valence-corrected chi connectivity index (χ2v) is 12.5. The van der Waals surface area contributed by atoms with Gasteiger partial charge in [0.15, 0.2) is 0 Å². The quantitative estimate of drug-likeness (QED) is 0.133. The first-order chi connectivity index (χ1) is 22.3. The van der Waals surface area contributed by atoms with Gasteiger partial charge in [0, 0.05) is 21.2 Å². The number of nitrogens with one attached hydrogen (secondary N) is 2. The third-order valence-electron chi connectivity index (χ3n) is 7.29. The highest BCUT2D eigenvalue weighted by molar-refractivity contribution is 9.10. The minimum atomic E-state index is -1.21. The summed E-state index contributed by atoms with van der Waals surface area (Å²) in [5.41, 5.74) is 2.93. The largest absolute Gasteiger partial charge is 0.480 e. The van der Waals surface area contributed by atoms with Crippen LogP contribution in [0, 0.1) is 0 Å². The van der Waals surface area contributed by atoms with Crippen molar-refractivity contribution < 1.29 is 24.2 Å². The van der Waals surface area contributed by atoms with Crippen LogP contribution in [0.25, 0.3) is 21.2 Å². The molecule has 0 fully saturated rings. The van der Waals surface area contributed by atoms with E-state index in [9.17, 15) is 19.5 Å². The first-order valence-electron chi connectivity index (χ1n) is 14.4. The molecule has 0 saturated carbocycles. The van der Waals surface area contributed by atoms with Gasteiger partial charge in [0.1, 0.15) is 17.5 Å². The van der Waals surface area contributed by atoms with Gasteiger partial charge in [-0.1, -0.05) is 94.8 Å². The van der Waals surface area contributed by atoms with Gasteiger partial charge in [-0.25, -0.2) is 4.79 Å². The van der Waals surface area contributed by atoms with Crippen molar-refractivity contribution in [2.75, 3.05) is 5.32 Å². The minimum absolute atomic E-state index is 0.0565. The van der Waals surface area contributed by atoms with Crippen LogP contribution < -0.4 is 15.4 Å². The van der Waals surface area contributed by atoms with E-state index in [1.165, 1.54) is 11.3 Å². The van der Waals surface area contributed by atoms with Crippen LogP contribution >= 0.6 is 27.3 Å². The zero-order valence-electron chi connectivity index (χ0n) is 24.3. The molecular weight excluding hydrogens is 664 g/mol. The summed E-state index contributed by atoms with van der Waals surface area (Å²) in [6.07, 6.45) is 0.0565. The van der Waals surface area contributed by atoms with Crippen LogP contribution in [0.1, 0.15) is 25.6 Å². The Morgan fingerprint density at radius 3 is 2.26 bits per heavy atom. The summed E-state index contributed by atoms with van der Waals surface area (Å²) in [4.78, 5) is 39.3. The topological polar surface area (TPSA) is 105 Å². The molecule has 0 unspecified atom stereocenters. The van der Waals surface area contributed by atoms with Gasteiger partial charge in [-0.2, -0.15) is 0 Å². The van der Waals surface area contributed by atoms with E-state index in [2.05, 4.69) is 26.6 Å². The summed E-state index contributed by atoms with van der Waals surface area (Å²) in [7, 11) is 0. The smallest absolute Gasteiger partial charge is 0.326 e. The number of carboxylic acids is 1. The number of halogens is 1. The van der Waals surface area contributed by atoms with Crippen molar-refractivity contribution in [2.45, 2.75) is 12.5 Å². The van der Waals surface area contributed by atoms with Gasteiger partial charge in [0.25, 0.3) is 11.8 Å². The van der Waals surface area contributed by atoms with Crippen LogP contribution in [0.3, 0.4) is 0 Å². The highest BCUT2D eigenvalue weighted by Crippen LogP contribution is 2.33. The molecule has 0 radical (unpaired) electrons. The van der Waals surface area contributed by atoms with E-state index in [4.69, 9.17) is 4.74 Å². The molecule has 6 aromatic rings. The van der Waals surface area contributed by atoms with Gasteiger partial charge < -0.3 is 20.5 Å². The Balaban J connectivity index is 1.17. The number of aliphatic carboxylic acids is 1. The van der Waals surface area contributed by atoms with Crippen molar-refractivity contribution in [2.24, 2.45) is 0 Å². The molecule has 0 aliphatic rings. The van der Waals surface area contributed by atoms with E-state index in [0.29, 0.717) is 15.1 Å². The number of fused-ring (bicyclic) bond motifs is 1. The Labute approximate surface area is 277 Å². The van der Waals surface area contributed by atoms with E-state index in [-0.39, 0.29) is 23.6 Å². The molecule has 0 aliphatic carbocycles. The highest BCUT2D eigenvalue weighted by atomic mass is 79.9. The molecule has 0 saturated heterocycles. The molecule has 0 spiro atoms. The third-order valence-corrected chi connectivity index (χ3v) is 8.90. The van der Waals surface area contributed by atoms with Crippen molar-refractivity contribution in [3.63, 3.8) is 0 Å². The van der Waals surface area contributed by atoms with Gasteiger partial charge in [-0.05, 0) is 65.0 Å². The number of carbonyl (C=O) groups is 3. The number of hydrogen-bond acceptors (Lipinski definition) is 5. The number of para-hydroxylation sites is 2. The average molecular weight is 692 g/mol. The predicted octanol–water partition coefficient (Wildman–Crippen LogP) is 8.80. The van der Waals surface area contributed by atoms with Crippen LogP contribution in [-0.4, -0.2) is 28.9 Å². The average Bonchev–Trinajstić information content (AvgIpc) is 3.51. The number of amides is 2. The zero-order chi connectivity index (χ0) is 32.0. The molecule has 3 N–H and O–H groups in total. The van der Waals surface area contributed by atoms with Crippen molar-refractivity contribution in [3.8, 4) is 22.6 Å². The number of carbonyl (C=O) groups excluding carboxylic acids is 2. The maximum atomic E-state index is 13.5. The van der Waals surface area contributed by atoms with Gasteiger partial charge in [0.05, 0.1) is 16.1 Å². The van der Waals surface area contributed by atoms with E-state index < -0.39 is 17.9 Å². The van der Waals surface area contributed by atoms with Crippen molar-refractivity contribution in [1.29, 1.82) is 0 Å². The Bertz CT molecular complexity index is 2010. The summed E-state index contributed by atoms with van der Waals surface area (Å²) < 4.78 is 7.69. The number of carboxylic acid groups (broad SMARTS) is 1. The third kappa shape index (κ3) is 7.17. The van der Waals surface area contributed by atoms with E-state index >= 15 is 0 Å². The molecule has 1 atom stereocenters. The summed E-state index contributed by atoms with van der Waals surface area (Å²) in [6, 6.07) is 37.8. The highest BCUT2D eigenvalue weighted by Gasteiger charge is 2.24. The Morgan fingerprint density at radius 2 is 1.50 bits per heavy atom. The lowest BCUT2D eigenvalue weighted by Crippen LogP contribution is -2.42. The van der Waals surface area contributed by atoms with Gasteiger partial charge in [-0.15, -0.1) is 11.3 Å². The number of hydrogen-bond donors (Lipinski definition) is 3. The fourth-order valence-corrected chi connectivity index (χ4v) is 6.31. The first kappa shape index (κ1) is 30.8.